The van der Waals surface area contributed by atoms with E-state index >= 15 is 0 Å². The van der Waals surface area contributed by atoms with E-state index in [0.717, 1.165) is 25.9 Å². The van der Waals surface area contributed by atoms with Crippen LogP contribution in [0.2, 0.25) is 0 Å². The quantitative estimate of drug-likeness (QED) is 0.736. The summed E-state index contributed by atoms with van der Waals surface area (Å²) in [6.45, 7) is 1.46. The molecule has 2 fully saturated rings. The first-order valence-electron chi connectivity index (χ1n) is 6.12. The molecule has 1 saturated heterocycles. The highest BCUT2D eigenvalue weighted by Gasteiger charge is 2.38. The predicted molar refractivity (Wildman–Crippen MR) is 69.0 cm³/mol. The van der Waals surface area contributed by atoms with Gasteiger partial charge in [-0.2, -0.15) is 0 Å². The first-order chi connectivity index (χ1) is 7.58. The van der Waals surface area contributed by atoms with Crippen molar-refractivity contribution < 1.29 is 8.42 Å². The van der Waals surface area contributed by atoms with E-state index in [4.69, 9.17) is 0 Å². The summed E-state index contributed by atoms with van der Waals surface area (Å²) in [7, 11) is -3.03. The van der Waals surface area contributed by atoms with Gasteiger partial charge in [-0.1, -0.05) is 35.2 Å². The van der Waals surface area contributed by atoms with Gasteiger partial charge in [0, 0.05) is 13.1 Å². The van der Waals surface area contributed by atoms with Crippen LogP contribution in [0.5, 0.6) is 0 Å². The van der Waals surface area contributed by atoms with Gasteiger partial charge < -0.3 is 0 Å². The molecular formula is C11H20BrNO2S. The summed E-state index contributed by atoms with van der Waals surface area (Å²) in [5, 5.41) is 0. The van der Waals surface area contributed by atoms with Gasteiger partial charge in [-0.15, -0.1) is 0 Å². The number of halogens is 1. The Morgan fingerprint density at radius 1 is 1.00 bits per heavy atom. The molecule has 0 atom stereocenters. The van der Waals surface area contributed by atoms with Crippen molar-refractivity contribution in [2.75, 3.05) is 17.8 Å². The molecule has 0 radical (unpaired) electrons. The molecule has 1 heterocycles. The van der Waals surface area contributed by atoms with Crippen molar-refractivity contribution >= 4 is 26.0 Å². The fourth-order valence-corrected chi connectivity index (χ4v) is 4.86. The SMILES string of the molecule is O=S(=O)(CBr)N1CCC2(CCCCC2)CC1. The van der Waals surface area contributed by atoms with Crippen LogP contribution in [0.15, 0.2) is 0 Å². The molecule has 0 aromatic heterocycles. The van der Waals surface area contributed by atoms with Crippen molar-refractivity contribution in [2.45, 2.75) is 44.9 Å². The van der Waals surface area contributed by atoms with Crippen LogP contribution in [0.3, 0.4) is 0 Å². The third-order valence-electron chi connectivity index (χ3n) is 4.23. The lowest BCUT2D eigenvalue weighted by molar-refractivity contribution is 0.103. The van der Waals surface area contributed by atoms with Crippen LogP contribution in [0.25, 0.3) is 0 Å². The van der Waals surface area contributed by atoms with Gasteiger partial charge in [-0.25, -0.2) is 12.7 Å². The maximum Gasteiger partial charge on any atom is 0.224 e. The van der Waals surface area contributed by atoms with Crippen molar-refractivity contribution in [3.63, 3.8) is 0 Å². The molecule has 1 aliphatic heterocycles. The van der Waals surface area contributed by atoms with E-state index in [1.54, 1.807) is 4.31 Å². The Morgan fingerprint density at radius 2 is 1.56 bits per heavy atom. The topological polar surface area (TPSA) is 37.4 Å². The summed E-state index contributed by atoms with van der Waals surface area (Å²) in [4.78, 5) is 0. The largest absolute Gasteiger partial charge is 0.224 e. The number of nitrogens with zero attached hydrogens (tertiary/aromatic N) is 1. The molecule has 5 heteroatoms. The zero-order valence-electron chi connectivity index (χ0n) is 9.62. The van der Waals surface area contributed by atoms with Crippen LogP contribution in [-0.2, 0) is 10.0 Å². The van der Waals surface area contributed by atoms with Crippen molar-refractivity contribution in [1.82, 2.24) is 4.31 Å². The molecule has 1 saturated carbocycles. The third kappa shape index (κ3) is 2.62. The second-order valence-corrected chi connectivity index (χ2v) is 8.45. The van der Waals surface area contributed by atoms with E-state index in [9.17, 15) is 8.42 Å². The van der Waals surface area contributed by atoms with E-state index in [1.807, 2.05) is 0 Å². The van der Waals surface area contributed by atoms with E-state index < -0.39 is 10.0 Å². The van der Waals surface area contributed by atoms with Gasteiger partial charge in [-0.3, -0.25) is 0 Å². The van der Waals surface area contributed by atoms with Gasteiger partial charge in [0.1, 0.15) is 4.66 Å². The summed E-state index contributed by atoms with van der Waals surface area (Å²) in [5.74, 6) is 0. The van der Waals surface area contributed by atoms with Crippen molar-refractivity contribution in [3.8, 4) is 0 Å². The molecule has 2 rings (SSSR count). The van der Waals surface area contributed by atoms with Crippen molar-refractivity contribution in [1.29, 1.82) is 0 Å². The number of hydrogen-bond donors (Lipinski definition) is 0. The van der Waals surface area contributed by atoms with Gasteiger partial charge in [0.15, 0.2) is 0 Å². The Labute approximate surface area is 107 Å². The molecule has 0 bridgehead atoms. The minimum atomic E-state index is -3.03. The lowest BCUT2D eigenvalue weighted by atomic mass is 9.68. The van der Waals surface area contributed by atoms with Gasteiger partial charge in [0.2, 0.25) is 10.0 Å². The number of sulfonamides is 1. The molecule has 1 spiro atoms. The summed E-state index contributed by atoms with van der Waals surface area (Å²) >= 11 is 3.06. The van der Waals surface area contributed by atoms with E-state index in [2.05, 4.69) is 15.9 Å². The predicted octanol–water partition coefficient (Wildman–Crippen LogP) is 2.71. The van der Waals surface area contributed by atoms with E-state index in [0.29, 0.717) is 5.41 Å². The molecule has 0 N–H and O–H groups in total. The molecule has 16 heavy (non-hydrogen) atoms. The molecule has 0 unspecified atom stereocenters. The number of alkyl halides is 1. The Morgan fingerprint density at radius 3 is 2.06 bits per heavy atom. The fraction of sp³-hybridized carbons (Fsp3) is 1.00. The molecule has 3 nitrogen and oxygen atoms in total. The van der Waals surface area contributed by atoms with Crippen LogP contribution < -0.4 is 0 Å². The monoisotopic (exact) mass is 309 g/mol. The van der Waals surface area contributed by atoms with Crippen molar-refractivity contribution in [2.24, 2.45) is 5.41 Å². The lowest BCUT2D eigenvalue weighted by Gasteiger charge is -2.43. The summed E-state index contributed by atoms with van der Waals surface area (Å²) in [6.07, 6.45) is 8.81. The Kier molecular flexibility index (Phi) is 3.97. The average Bonchev–Trinajstić information content (AvgIpc) is 2.31. The second kappa shape index (κ2) is 4.94. The standard InChI is InChI=1S/C11H20BrNO2S/c12-10-16(14,15)13-8-6-11(7-9-13)4-2-1-3-5-11/h1-10H2. The maximum atomic E-state index is 11.7. The van der Waals surface area contributed by atoms with Crippen LogP contribution in [0, 0.1) is 5.41 Å². The first kappa shape index (κ1) is 12.8. The first-order valence-corrected chi connectivity index (χ1v) is 8.85. The fourth-order valence-electron chi connectivity index (χ4n) is 3.11. The summed E-state index contributed by atoms with van der Waals surface area (Å²) in [6, 6.07) is 0. The lowest BCUT2D eigenvalue weighted by Crippen LogP contribution is -2.44. The minimum Gasteiger partial charge on any atom is -0.211 e. The van der Waals surface area contributed by atoms with Gasteiger partial charge in [0.05, 0.1) is 0 Å². The van der Waals surface area contributed by atoms with Crippen LogP contribution in [0.1, 0.15) is 44.9 Å². The molecule has 94 valence electrons. The number of rotatable bonds is 2. The minimum absolute atomic E-state index is 0.0625. The molecular weight excluding hydrogens is 290 g/mol. The van der Waals surface area contributed by atoms with Crippen LogP contribution in [-0.4, -0.2) is 30.5 Å². The highest BCUT2D eigenvalue weighted by Crippen LogP contribution is 2.44. The van der Waals surface area contributed by atoms with Gasteiger partial charge >= 0.3 is 0 Å². The normalized spacial score (nSPS) is 27.1. The molecule has 0 aromatic rings. The zero-order valence-corrected chi connectivity index (χ0v) is 12.0. The van der Waals surface area contributed by atoms with Crippen LogP contribution in [0.4, 0.5) is 0 Å². The maximum absolute atomic E-state index is 11.7. The Balaban J connectivity index is 1.96. The Hall–Kier alpha value is 0.390. The summed E-state index contributed by atoms with van der Waals surface area (Å²) < 4.78 is 25.1. The second-order valence-electron chi connectivity index (χ2n) is 5.18. The smallest absolute Gasteiger partial charge is 0.211 e. The summed E-state index contributed by atoms with van der Waals surface area (Å²) in [5.41, 5.74) is 0.483. The molecule has 0 amide bonds. The highest BCUT2D eigenvalue weighted by atomic mass is 79.9. The molecule has 1 aliphatic carbocycles. The number of hydrogen-bond acceptors (Lipinski definition) is 2. The van der Waals surface area contributed by atoms with Gasteiger partial charge in [0.25, 0.3) is 0 Å². The van der Waals surface area contributed by atoms with Crippen molar-refractivity contribution in [3.05, 3.63) is 0 Å². The molecule has 0 aromatic carbocycles. The molecule has 2 aliphatic rings. The number of piperidine rings is 1. The van der Waals surface area contributed by atoms with Crippen LogP contribution >= 0.6 is 15.9 Å². The third-order valence-corrected chi connectivity index (χ3v) is 7.39. The van der Waals surface area contributed by atoms with E-state index in [1.165, 1.54) is 32.1 Å². The zero-order chi connectivity index (χ0) is 11.6. The van der Waals surface area contributed by atoms with Gasteiger partial charge in [-0.05, 0) is 31.1 Å². The average molecular weight is 310 g/mol. The Bertz CT molecular complexity index is 326. The highest BCUT2D eigenvalue weighted by molar-refractivity contribution is 9.10. The van der Waals surface area contributed by atoms with E-state index in [-0.39, 0.29) is 4.66 Å².